The molecule has 0 aliphatic heterocycles. The van der Waals surface area contributed by atoms with Crippen LogP contribution in [-0.2, 0) is 6.54 Å². The first-order valence-corrected chi connectivity index (χ1v) is 9.06. The molecule has 6 heteroatoms. The maximum absolute atomic E-state index is 6.14. The van der Waals surface area contributed by atoms with Crippen LogP contribution in [-0.4, -0.2) is 16.0 Å². The minimum Gasteiger partial charge on any atom is -0.349 e. The second-order valence-corrected chi connectivity index (χ2v) is 7.74. The molecule has 1 saturated carbocycles. The van der Waals surface area contributed by atoms with E-state index < -0.39 is 0 Å². The Balaban J connectivity index is 1.81. The first-order chi connectivity index (χ1) is 10.2. The highest BCUT2D eigenvalue weighted by molar-refractivity contribution is 7.18. The van der Waals surface area contributed by atoms with Crippen molar-refractivity contribution in [2.75, 3.05) is 4.90 Å². The minimum absolute atomic E-state index is 0.343. The molecule has 3 nitrogen and oxygen atoms in total. The van der Waals surface area contributed by atoms with Crippen LogP contribution in [0.3, 0.4) is 0 Å². The van der Waals surface area contributed by atoms with Crippen LogP contribution >= 0.6 is 34.3 Å². The minimum atomic E-state index is 0.343. The Kier molecular flexibility index (Phi) is 3.36. The molecule has 0 saturated heterocycles. The molecule has 1 aliphatic carbocycles. The molecule has 4 rings (SSSR count). The highest BCUT2D eigenvalue weighted by atomic mass is 35.5. The zero-order chi connectivity index (χ0) is 14.4. The van der Waals surface area contributed by atoms with Gasteiger partial charge in [-0.1, -0.05) is 0 Å². The summed E-state index contributed by atoms with van der Waals surface area (Å²) >= 11 is 9.56. The van der Waals surface area contributed by atoms with E-state index in [4.69, 9.17) is 11.6 Å². The van der Waals surface area contributed by atoms with Crippen molar-refractivity contribution < 1.29 is 0 Å². The quantitative estimate of drug-likeness (QED) is 0.636. The number of aromatic nitrogens is 2. The average Bonchev–Trinajstić information content (AvgIpc) is 3.01. The van der Waals surface area contributed by atoms with E-state index in [1.165, 1.54) is 23.3 Å². The summed E-state index contributed by atoms with van der Waals surface area (Å²) < 4.78 is 0. The predicted molar refractivity (Wildman–Crippen MR) is 90.7 cm³/mol. The van der Waals surface area contributed by atoms with Gasteiger partial charge in [-0.05, 0) is 59.8 Å². The van der Waals surface area contributed by atoms with Crippen molar-refractivity contribution in [3.05, 3.63) is 38.6 Å². The largest absolute Gasteiger partial charge is 0.349 e. The topological polar surface area (TPSA) is 29.0 Å². The van der Waals surface area contributed by atoms with Gasteiger partial charge >= 0.3 is 0 Å². The van der Waals surface area contributed by atoms with Crippen LogP contribution < -0.4 is 4.90 Å². The lowest BCUT2D eigenvalue weighted by Gasteiger charge is -2.23. The Morgan fingerprint density at radius 3 is 2.95 bits per heavy atom. The van der Waals surface area contributed by atoms with Gasteiger partial charge in [-0.25, -0.2) is 4.98 Å². The Morgan fingerprint density at radius 2 is 2.24 bits per heavy atom. The smallest absolute Gasteiger partial charge is 0.225 e. The van der Waals surface area contributed by atoms with E-state index in [0.29, 0.717) is 11.3 Å². The maximum atomic E-state index is 6.14. The molecule has 1 aliphatic rings. The zero-order valence-corrected chi connectivity index (χ0v) is 13.9. The van der Waals surface area contributed by atoms with Crippen molar-refractivity contribution in [2.24, 2.45) is 0 Å². The third-order valence-electron chi connectivity index (χ3n) is 3.66. The number of halogens is 1. The van der Waals surface area contributed by atoms with Crippen LogP contribution in [0.4, 0.5) is 5.82 Å². The van der Waals surface area contributed by atoms with Gasteiger partial charge in [0.15, 0.2) is 0 Å². The molecule has 3 heterocycles. The van der Waals surface area contributed by atoms with E-state index in [-0.39, 0.29) is 0 Å². The Bertz CT molecular complexity index is 778. The highest BCUT2D eigenvalue weighted by Gasteiger charge is 2.31. The number of aryl methyl sites for hydroxylation is 1. The van der Waals surface area contributed by atoms with Crippen molar-refractivity contribution in [3.8, 4) is 0 Å². The molecule has 0 unspecified atom stereocenters. The molecule has 0 aromatic carbocycles. The fourth-order valence-corrected chi connectivity index (χ4v) is 4.31. The molecule has 21 heavy (non-hydrogen) atoms. The van der Waals surface area contributed by atoms with Crippen LogP contribution in [0, 0.1) is 6.92 Å². The third-order valence-corrected chi connectivity index (χ3v) is 5.51. The van der Waals surface area contributed by atoms with Crippen molar-refractivity contribution >= 4 is 50.3 Å². The Labute approximate surface area is 136 Å². The van der Waals surface area contributed by atoms with Gasteiger partial charge in [-0.15, -0.1) is 11.3 Å². The lowest BCUT2D eigenvalue weighted by Crippen LogP contribution is -2.26. The maximum Gasteiger partial charge on any atom is 0.225 e. The number of rotatable bonds is 4. The van der Waals surface area contributed by atoms with E-state index in [1.807, 2.05) is 0 Å². The first-order valence-electron chi connectivity index (χ1n) is 6.92. The number of thiophene rings is 2. The lowest BCUT2D eigenvalue weighted by atomic mass is 10.2. The van der Waals surface area contributed by atoms with E-state index in [9.17, 15) is 0 Å². The van der Waals surface area contributed by atoms with Crippen molar-refractivity contribution in [2.45, 2.75) is 32.4 Å². The van der Waals surface area contributed by atoms with E-state index in [0.717, 1.165) is 22.6 Å². The van der Waals surface area contributed by atoms with E-state index in [1.54, 1.807) is 22.7 Å². The lowest BCUT2D eigenvalue weighted by molar-refractivity contribution is 0.783. The first kappa shape index (κ1) is 13.5. The standard InChI is InChI=1S/C15H14ClN3S2/c1-9-6-12-13(17-15(16)18-14(12)21-9)19(11-2-3-11)7-10-4-5-20-8-10/h4-6,8,11H,2-3,7H2,1H3. The van der Waals surface area contributed by atoms with E-state index in [2.05, 4.69) is 44.7 Å². The summed E-state index contributed by atoms with van der Waals surface area (Å²) in [5.41, 5.74) is 1.33. The van der Waals surface area contributed by atoms with Gasteiger partial charge in [0.05, 0.1) is 5.39 Å². The second-order valence-electron chi connectivity index (χ2n) is 5.38. The number of anilines is 1. The van der Waals surface area contributed by atoms with Crippen LogP contribution in [0.2, 0.25) is 5.28 Å². The molecule has 0 N–H and O–H groups in total. The second kappa shape index (κ2) is 5.23. The highest BCUT2D eigenvalue weighted by Crippen LogP contribution is 2.38. The van der Waals surface area contributed by atoms with Crippen molar-refractivity contribution in [1.82, 2.24) is 9.97 Å². The molecule has 1 fully saturated rings. The molecular formula is C15H14ClN3S2. The van der Waals surface area contributed by atoms with Gasteiger partial charge < -0.3 is 4.90 Å². The van der Waals surface area contributed by atoms with Gasteiger partial charge in [0.1, 0.15) is 10.6 Å². The normalized spacial score (nSPS) is 14.8. The van der Waals surface area contributed by atoms with Gasteiger partial charge in [0, 0.05) is 17.5 Å². The number of nitrogens with zero attached hydrogens (tertiary/aromatic N) is 3. The fraction of sp³-hybridized carbons (Fsp3) is 0.333. The van der Waals surface area contributed by atoms with Crippen LogP contribution in [0.25, 0.3) is 10.2 Å². The van der Waals surface area contributed by atoms with Gasteiger partial charge in [-0.2, -0.15) is 16.3 Å². The summed E-state index contributed by atoms with van der Waals surface area (Å²) in [4.78, 5) is 13.5. The molecule has 0 radical (unpaired) electrons. The van der Waals surface area contributed by atoms with Gasteiger partial charge in [0.25, 0.3) is 0 Å². The molecule has 0 bridgehead atoms. The summed E-state index contributed by atoms with van der Waals surface area (Å²) in [5, 5.41) is 5.80. The number of hydrogen-bond acceptors (Lipinski definition) is 5. The molecule has 0 spiro atoms. The summed E-state index contributed by atoms with van der Waals surface area (Å²) in [6, 6.07) is 4.94. The van der Waals surface area contributed by atoms with Crippen molar-refractivity contribution in [1.29, 1.82) is 0 Å². The molecule has 108 valence electrons. The summed E-state index contributed by atoms with van der Waals surface area (Å²) in [6.07, 6.45) is 2.47. The van der Waals surface area contributed by atoms with Crippen LogP contribution in [0.15, 0.2) is 22.9 Å². The third kappa shape index (κ3) is 2.65. The van der Waals surface area contributed by atoms with Crippen LogP contribution in [0.1, 0.15) is 23.3 Å². The average molecular weight is 336 g/mol. The Hall–Kier alpha value is -1.17. The summed E-state index contributed by atoms with van der Waals surface area (Å²) in [5.74, 6) is 0.989. The predicted octanol–water partition coefficient (Wildman–Crippen LogP) is 4.88. The zero-order valence-electron chi connectivity index (χ0n) is 11.5. The monoisotopic (exact) mass is 335 g/mol. The van der Waals surface area contributed by atoms with Gasteiger partial charge in [-0.3, -0.25) is 0 Å². The fourth-order valence-electron chi connectivity index (χ4n) is 2.56. The number of fused-ring (bicyclic) bond motifs is 1. The van der Waals surface area contributed by atoms with Crippen molar-refractivity contribution in [3.63, 3.8) is 0 Å². The van der Waals surface area contributed by atoms with E-state index >= 15 is 0 Å². The molecular weight excluding hydrogens is 322 g/mol. The SMILES string of the molecule is Cc1cc2c(N(Cc3ccsc3)C3CC3)nc(Cl)nc2s1. The van der Waals surface area contributed by atoms with Gasteiger partial charge in [0.2, 0.25) is 5.28 Å². The van der Waals surface area contributed by atoms with Crippen LogP contribution in [0.5, 0.6) is 0 Å². The Morgan fingerprint density at radius 1 is 1.38 bits per heavy atom. The molecule has 3 aromatic heterocycles. The molecule has 0 amide bonds. The number of hydrogen-bond donors (Lipinski definition) is 0. The summed E-state index contributed by atoms with van der Waals surface area (Å²) in [6.45, 7) is 3.00. The summed E-state index contributed by atoms with van der Waals surface area (Å²) in [7, 11) is 0. The molecule has 3 aromatic rings. The molecule has 0 atom stereocenters.